The largest absolute Gasteiger partial charge is 0.465 e. The fraction of sp³-hybridized carbons (Fsp3) is 0.389. The lowest BCUT2D eigenvalue weighted by Gasteiger charge is -2.33. The van der Waals surface area contributed by atoms with Gasteiger partial charge in [-0.05, 0) is 31.2 Å². The van der Waals surface area contributed by atoms with Crippen LogP contribution in [-0.2, 0) is 4.74 Å². The molecule has 1 aromatic carbocycles. The van der Waals surface area contributed by atoms with Gasteiger partial charge in [0.2, 0.25) is 0 Å². The van der Waals surface area contributed by atoms with Crippen LogP contribution in [0, 0.1) is 12.7 Å². The molecule has 1 saturated heterocycles. The second-order valence-electron chi connectivity index (χ2n) is 5.93. The summed E-state index contributed by atoms with van der Waals surface area (Å²) < 4.78 is 24.8. The van der Waals surface area contributed by atoms with E-state index < -0.39 is 11.8 Å². The summed E-state index contributed by atoms with van der Waals surface area (Å²) in [5, 5.41) is 5.33. The van der Waals surface area contributed by atoms with E-state index in [9.17, 15) is 9.18 Å². The standard InChI is InChI=1S/C18H22FN3O3/c1-13-6-7-17(25-13)16(22-8-10-24-11-9-22)12-20-18(23)21-15-5-3-2-4-14(15)19/h2-7,16H,8-12H2,1H3,(H2,20,21,23)/t16-/m0/s1. The van der Waals surface area contributed by atoms with Gasteiger partial charge in [0, 0.05) is 19.6 Å². The summed E-state index contributed by atoms with van der Waals surface area (Å²) in [5.74, 6) is 1.15. The van der Waals surface area contributed by atoms with Gasteiger partial charge in [-0.3, -0.25) is 4.90 Å². The van der Waals surface area contributed by atoms with Crippen molar-refractivity contribution in [2.24, 2.45) is 0 Å². The second-order valence-corrected chi connectivity index (χ2v) is 5.93. The number of para-hydroxylation sites is 1. The summed E-state index contributed by atoms with van der Waals surface area (Å²) >= 11 is 0. The van der Waals surface area contributed by atoms with Gasteiger partial charge >= 0.3 is 6.03 Å². The van der Waals surface area contributed by atoms with E-state index >= 15 is 0 Å². The molecule has 25 heavy (non-hydrogen) atoms. The van der Waals surface area contributed by atoms with Crippen molar-refractivity contribution in [2.45, 2.75) is 13.0 Å². The number of ether oxygens (including phenoxy) is 1. The van der Waals surface area contributed by atoms with Crippen LogP contribution in [-0.4, -0.2) is 43.8 Å². The SMILES string of the molecule is Cc1ccc([C@H](CNC(=O)Nc2ccccc2F)N2CCOCC2)o1. The van der Waals surface area contributed by atoms with Crippen molar-refractivity contribution in [2.75, 3.05) is 38.2 Å². The maximum Gasteiger partial charge on any atom is 0.319 e. The number of anilines is 1. The molecule has 2 amide bonds. The van der Waals surface area contributed by atoms with Crippen molar-refractivity contribution in [3.63, 3.8) is 0 Å². The van der Waals surface area contributed by atoms with Gasteiger partial charge in [-0.25, -0.2) is 9.18 Å². The molecule has 1 atom stereocenters. The van der Waals surface area contributed by atoms with Crippen molar-refractivity contribution in [3.05, 3.63) is 53.7 Å². The molecule has 134 valence electrons. The van der Waals surface area contributed by atoms with Crippen LogP contribution in [0.1, 0.15) is 17.6 Å². The maximum absolute atomic E-state index is 13.6. The molecule has 1 aromatic heterocycles. The van der Waals surface area contributed by atoms with Gasteiger partial charge in [-0.2, -0.15) is 0 Å². The third-order valence-electron chi connectivity index (χ3n) is 4.15. The average molecular weight is 347 g/mol. The predicted octanol–water partition coefficient (Wildman–Crippen LogP) is 2.92. The molecule has 2 aromatic rings. The first-order chi connectivity index (χ1) is 12.1. The van der Waals surface area contributed by atoms with Crippen molar-refractivity contribution >= 4 is 11.7 Å². The molecule has 2 heterocycles. The Bertz CT molecular complexity index is 713. The van der Waals surface area contributed by atoms with E-state index in [1.54, 1.807) is 12.1 Å². The number of nitrogens with one attached hydrogen (secondary N) is 2. The number of aryl methyl sites for hydroxylation is 1. The number of carbonyl (C=O) groups is 1. The van der Waals surface area contributed by atoms with Crippen LogP contribution in [0.4, 0.5) is 14.9 Å². The smallest absolute Gasteiger partial charge is 0.319 e. The van der Waals surface area contributed by atoms with Gasteiger partial charge in [-0.1, -0.05) is 12.1 Å². The van der Waals surface area contributed by atoms with Gasteiger partial charge < -0.3 is 19.8 Å². The lowest BCUT2D eigenvalue weighted by atomic mass is 10.1. The van der Waals surface area contributed by atoms with Gasteiger partial charge in [0.05, 0.1) is 24.9 Å². The topological polar surface area (TPSA) is 66.7 Å². The van der Waals surface area contributed by atoms with Crippen molar-refractivity contribution < 1.29 is 18.3 Å². The highest BCUT2D eigenvalue weighted by atomic mass is 19.1. The molecule has 6 nitrogen and oxygen atoms in total. The summed E-state index contributed by atoms with van der Waals surface area (Å²) in [4.78, 5) is 14.3. The highest BCUT2D eigenvalue weighted by molar-refractivity contribution is 5.89. The first-order valence-electron chi connectivity index (χ1n) is 8.31. The van der Waals surface area contributed by atoms with E-state index in [4.69, 9.17) is 9.15 Å². The van der Waals surface area contributed by atoms with Crippen LogP contribution in [0.15, 0.2) is 40.8 Å². The van der Waals surface area contributed by atoms with E-state index in [1.807, 2.05) is 19.1 Å². The molecule has 0 radical (unpaired) electrons. The molecule has 1 aliphatic heterocycles. The molecule has 1 fully saturated rings. The molecule has 7 heteroatoms. The summed E-state index contributed by atoms with van der Waals surface area (Å²) in [5.41, 5.74) is 0.150. The quantitative estimate of drug-likeness (QED) is 0.873. The van der Waals surface area contributed by atoms with Crippen LogP contribution >= 0.6 is 0 Å². The molecule has 3 rings (SSSR count). The summed E-state index contributed by atoms with van der Waals surface area (Å²) in [7, 11) is 0. The number of furan rings is 1. The Kier molecular flexibility index (Phi) is 5.67. The molecule has 0 unspecified atom stereocenters. The third-order valence-corrected chi connectivity index (χ3v) is 4.15. The zero-order chi connectivity index (χ0) is 17.6. The molecule has 0 saturated carbocycles. The molecule has 0 spiro atoms. The number of carbonyl (C=O) groups excluding carboxylic acids is 1. The molecule has 1 aliphatic rings. The minimum Gasteiger partial charge on any atom is -0.465 e. The van der Waals surface area contributed by atoms with Gasteiger partial charge in [0.25, 0.3) is 0 Å². The van der Waals surface area contributed by atoms with Crippen molar-refractivity contribution in [1.82, 2.24) is 10.2 Å². The van der Waals surface area contributed by atoms with Crippen LogP contribution < -0.4 is 10.6 Å². The van der Waals surface area contributed by atoms with Crippen LogP contribution in [0.5, 0.6) is 0 Å². The monoisotopic (exact) mass is 347 g/mol. The van der Waals surface area contributed by atoms with E-state index in [0.29, 0.717) is 19.8 Å². The van der Waals surface area contributed by atoms with E-state index in [0.717, 1.165) is 24.6 Å². The number of amides is 2. The number of morpholine rings is 1. The Morgan fingerprint density at radius 1 is 1.24 bits per heavy atom. The molecule has 0 aliphatic carbocycles. The van der Waals surface area contributed by atoms with Gasteiger partial charge in [0.15, 0.2) is 0 Å². The molecule has 2 N–H and O–H groups in total. The first-order valence-corrected chi connectivity index (χ1v) is 8.31. The second kappa shape index (κ2) is 8.13. The Hall–Kier alpha value is -2.38. The zero-order valence-electron chi connectivity index (χ0n) is 14.1. The third kappa shape index (κ3) is 4.58. The fourth-order valence-corrected chi connectivity index (χ4v) is 2.85. The minimum atomic E-state index is -0.468. The first kappa shape index (κ1) is 17.4. The maximum atomic E-state index is 13.6. The number of urea groups is 1. The summed E-state index contributed by atoms with van der Waals surface area (Å²) in [6.07, 6.45) is 0. The van der Waals surface area contributed by atoms with Crippen LogP contribution in [0.3, 0.4) is 0 Å². The zero-order valence-corrected chi connectivity index (χ0v) is 14.1. The molecular weight excluding hydrogens is 325 g/mol. The average Bonchev–Trinajstić information content (AvgIpc) is 3.04. The Labute approximate surface area is 145 Å². The lowest BCUT2D eigenvalue weighted by Crippen LogP contribution is -2.44. The summed E-state index contributed by atoms with van der Waals surface area (Å²) in [6, 6.07) is 9.35. The van der Waals surface area contributed by atoms with Gasteiger partial charge in [0.1, 0.15) is 17.3 Å². The van der Waals surface area contributed by atoms with E-state index in [-0.39, 0.29) is 11.7 Å². The highest BCUT2D eigenvalue weighted by Crippen LogP contribution is 2.23. The number of hydrogen-bond donors (Lipinski definition) is 2. The Balaban J connectivity index is 1.63. The molecule has 0 bridgehead atoms. The highest BCUT2D eigenvalue weighted by Gasteiger charge is 2.25. The fourth-order valence-electron chi connectivity index (χ4n) is 2.85. The van der Waals surface area contributed by atoms with Crippen LogP contribution in [0.2, 0.25) is 0 Å². The van der Waals surface area contributed by atoms with Crippen molar-refractivity contribution in [1.29, 1.82) is 0 Å². The van der Waals surface area contributed by atoms with Gasteiger partial charge in [-0.15, -0.1) is 0 Å². The molecular formula is C18H22FN3O3. The normalized spacial score (nSPS) is 16.4. The van der Waals surface area contributed by atoms with Crippen molar-refractivity contribution in [3.8, 4) is 0 Å². The number of halogens is 1. The van der Waals surface area contributed by atoms with E-state index in [2.05, 4.69) is 15.5 Å². The number of hydrogen-bond acceptors (Lipinski definition) is 4. The van der Waals surface area contributed by atoms with Crippen LogP contribution in [0.25, 0.3) is 0 Å². The number of benzene rings is 1. The minimum absolute atomic E-state index is 0.0935. The predicted molar refractivity (Wildman–Crippen MR) is 92.0 cm³/mol. The lowest BCUT2D eigenvalue weighted by molar-refractivity contribution is 0.0122. The number of rotatable bonds is 5. The summed E-state index contributed by atoms with van der Waals surface area (Å²) in [6.45, 7) is 5.07. The van der Waals surface area contributed by atoms with E-state index in [1.165, 1.54) is 12.1 Å². The number of nitrogens with zero attached hydrogens (tertiary/aromatic N) is 1. The Morgan fingerprint density at radius 3 is 2.68 bits per heavy atom. The Morgan fingerprint density at radius 2 is 2.00 bits per heavy atom.